The molecule has 0 fully saturated rings. The topological polar surface area (TPSA) is 90.0 Å². The molecule has 0 aliphatic carbocycles. The van der Waals surface area contributed by atoms with Gasteiger partial charge in [0.1, 0.15) is 6.04 Å². The van der Waals surface area contributed by atoms with Gasteiger partial charge in [-0.3, -0.25) is 14.5 Å². The number of carbonyl (C=O) groups is 3. The summed E-state index contributed by atoms with van der Waals surface area (Å²) in [5, 5.41) is 12.0. The molecule has 2 atom stereocenters. The third-order valence-corrected chi connectivity index (χ3v) is 4.90. The van der Waals surface area contributed by atoms with Gasteiger partial charge >= 0.3 is 5.97 Å². The van der Waals surface area contributed by atoms with Crippen molar-refractivity contribution in [3.05, 3.63) is 35.4 Å². The molecule has 0 spiro atoms. The Morgan fingerprint density at radius 1 is 1.23 bits per heavy atom. The predicted molar refractivity (Wildman–Crippen MR) is 97.5 cm³/mol. The van der Waals surface area contributed by atoms with Gasteiger partial charge in [-0.1, -0.05) is 24.3 Å². The van der Waals surface area contributed by atoms with E-state index in [9.17, 15) is 19.5 Å². The molecule has 0 saturated heterocycles. The summed E-state index contributed by atoms with van der Waals surface area (Å²) in [6, 6.07) is 6.79. The second-order valence-electron chi connectivity index (χ2n) is 6.69. The van der Waals surface area contributed by atoms with E-state index in [4.69, 9.17) is 0 Å². The minimum absolute atomic E-state index is 0.167. The van der Waals surface area contributed by atoms with Crippen LogP contribution in [-0.4, -0.2) is 64.4 Å². The molecule has 0 aromatic heterocycles. The number of amides is 2. The molecule has 1 aliphatic heterocycles. The van der Waals surface area contributed by atoms with Gasteiger partial charge in [0.05, 0.1) is 6.04 Å². The summed E-state index contributed by atoms with van der Waals surface area (Å²) < 4.78 is 0. The maximum Gasteiger partial charge on any atom is 0.326 e. The summed E-state index contributed by atoms with van der Waals surface area (Å²) in [6.45, 7) is 6.52. The number of fused-ring (bicyclic) bond motifs is 1. The molecule has 1 heterocycles. The quantitative estimate of drug-likeness (QED) is 0.752. The molecule has 7 heteroatoms. The summed E-state index contributed by atoms with van der Waals surface area (Å²) in [4.78, 5) is 38.9. The van der Waals surface area contributed by atoms with Crippen molar-refractivity contribution in [1.82, 2.24) is 15.1 Å². The monoisotopic (exact) mass is 361 g/mol. The van der Waals surface area contributed by atoms with Crippen LogP contribution in [0, 0.1) is 0 Å². The zero-order chi connectivity index (χ0) is 19.3. The molecule has 0 bridgehead atoms. The van der Waals surface area contributed by atoms with Crippen molar-refractivity contribution < 1.29 is 19.5 Å². The summed E-state index contributed by atoms with van der Waals surface area (Å²) in [6.07, 6.45) is 0.869. The van der Waals surface area contributed by atoms with Crippen LogP contribution in [0.25, 0.3) is 0 Å². The van der Waals surface area contributed by atoms with Crippen molar-refractivity contribution in [2.75, 3.05) is 19.6 Å². The van der Waals surface area contributed by atoms with Gasteiger partial charge in [-0.25, -0.2) is 4.79 Å². The van der Waals surface area contributed by atoms with E-state index in [2.05, 4.69) is 22.3 Å². The lowest BCUT2D eigenvalue weighted by molar-refractivity contribution is -0.151. The number of carboxylic acid groups (broad SMARTS) is 1. The van der Waals surface area contributed by atoms with Gasteiger partial charge in [0.2, 0.25) is 11.8 Å². The molecule has 1 aliphatic rings. The van der Waals surface area contributed by atoms with Crippen LogP contribution in [0.15, 0.2) is 24.3 Å². The van der Waals surface area contributed by atoms with E-state index < -0.39 is 18.1 Å². The highest BCUT2D eigenvalue weighted by Crippen LogP contribution is 2.21. The number of aliphatic carboxylic acids is 1. The Bertz CT molecular complexity index is 677. The van der Waals surface area contributed by atoms with E-state index >= 15 is 0 Å². The molecule has 2 amide bonds. The van der Waals surface area contributed by atoms with Crippen molar-refractivity contribution in [2.24, 2.45) is 0 Å². The fourth-order valence-electron chi connectivity index (χ4n) is 3.22. The molecule has 1 aromatic rings. The van der Waals surface area contributed by atoms with E-state index in [0.29, 0.717) is 6.54 Å². The van der Waals surface area contributed by atoms with Crippen molar-refractivity contribution in [2.45, 2.75) is 45.8 Å². The molecular formula is C19H27N3O4. The summed E-state index contributed by atoms with van der Waals surface area (Å²) in [5.41, 5.74) is 2.50. The third kappa shape index (κ3) is 4.82. The van der Waals surface area contributed by atoms with Gasteiger partial charge in [-0.2, -0.15) is 0 Å². The number of nitrogens with zero attached hydrogens (tertiary/aromatic N) is 2. The Balaban J connectivity index is 2.08. The summed E-state index contributed by atoms with van der Waals surface area (Å²) in [7, 11) is 0. The van der Waals surface area contributed by atoms with Gasteiger partial charge in [0.25, 0.3) is 0 Å². The number of carbonyl (C=O) groups excluding carboxylic acids is 2. The van der Waals surface area contributed by atoms with Crippen LogP contribution >= 0.6 is 0 Å². The Morgan fingerprint density at radius 2 is 1.88 bits per heavy atom. The van der Waals surface area contributed by atoms with Crippen LogP contribution < -0.4 is 5.32 Å². The minimum atomic E-state index is -1.06. The highest BCUT2D eigenvalue weighted by Gasteiger charge is 2.32. The van der Waals surface area contributed by atoms with E-state index in [1.165, 1.54) is 29.9 Å². The molecule has 2 N–H and O–H groups in total. The number of rotatable bonds is 7. The molecule has 1 aromatic carbocycles. The van der Waals surface area contributed by atoms with Crippen molar-refractivity contribution in [3.63, 3.8) is 0 Å². The Hall–Kier alpha value is -2.41. The highest BCUT2D eigenvalue weighted by atomic mass is 16.4. The van der Waals surface area contributed by atoms with E-state index in [1.54, 1.807) is 0 Å². The van der Waals surface area contributed by atoms with Gasteiger partial charge in [-0.05, 0) is 31.4 Å². The average Bonchev–Trinajstić information content (AvgIpc) is 2.62. The van der Waals surface area contributed by atoms with Crippen molar-refractivity contribution >= 4 is 17.8 Å². The molecule has 26 heavy (non-hydrogen) atoms. The lowest BCUT2D eigenvalue weighted by Gasteiger charge is -2.37. The fourth-order valence-corrected chi connectivity index (χ4v) is 3.22. The molecular weight excluding hydrogens is 334 g/mol. The van der Waals surface area contributed by atoms with Gasteiger partial charge in [-0.15, -0.1) is 0 Å². The fraction of sp³-hybridized carbons (Fsp3) is 0.526. The molecule has 0 radical (unpaired) electrons. The second kappa shape index (κ2) is 8.80. The van der Waals surface area contributed by atoms with Gasteiger partial charge < -0.3 is 15.3 Å². The van der Waals surface area contributed by atoms with Crippen molar-refractivity contribution in [1.29, 1.82) is 0 Å². The van der Waals surface area contributed by atoms with Gasteiger partial charge in [0, 0.05) is 33.1 Å². The smallest absolute Gasteiger partial charge is 0.326 e. The number of nitrogens with one attached hydrogen (secondary N) is 1. The molecule has 7 nitrogen and oxygen atoms in total. The molecule has 2 unspecified atom stereocenters. The van der Waals surface area contributed by atoms with Crippen LogP contribution in [-0.2, 0) is 27.3 Å². The van der Waals surface area contributed by atoms with Crippen LogP contribution in [0.5, 0.6) is 0 Å². The Kier molecular flexibility index (Phi) is 6.74. The maximum atomic E-state index is 13.0. The largest absolute Gasteiger partial charge is 0.480 e. The average molecular weight is 361 g/mol. The first-order chi connectivity index (χ1) is 12.3. The zero-order valence-corrected chi connectivity index (χ0v) is 15.6. The van der Waals surface area contributed by atoms with Crippen LogP contribution in [0.4, 0.5) is 0 Å². The lowest BCUT2D eigenvalue weighted by atomic mass is 9.98. The number of hydrogen-bond acceptors (Lipinski definition) is 4. The SMILES string of the molecule is CC(=O)NCCN(C(=O)C(C)N1CCc2ccccc2C1)C(C)C(=O)O. The van der Waals surface area contributed by atoms with Crippen LogP contribution in [0.2, 0.25) is 0 Å². The van der Waals surface area contributed by atoms with Crippen LogP contribution in [0.3, 0.4) is 0 Å². The number of carboxylic acids is 1. The standard InChI is InChI=1S/C19H27N3O4/c1-13(21-10-8-16-6-4-5-7-17(16)12-21)18(24)22(14(2)19(25)26)11-9-20-15(3)23/h4-7,13-14H,8-12H2,1-3H3,(H,20,23)(H,25,26). The lowest BCUT2D eigenvalue weighted by Crippen LogP contribution is -2.54. The van der Waals surface area contributed by atoms with Crippen LogP contribution in [0.1, 0.15) is 31.9 Å². The van der Waals surface area contributed by atoms with E-state index in [-0.39, 0.29) is 24.9 Å². The number of hydrogen-bond donors (Lipinski definition) is 2. The van der Waals surface area contributed by atoms with Gasteiger partial charge in [0.15, 0.2) is 0 Å². The predicted octanol–water partition coefficient (Wildman–Crippen LogP) is 0.871. The Morgan fingerprint density at radius 3 is 2.50 bits per heavy atom. The Labute approximate surface area is 154 Å². The molecule has 2 rings (SSSR count). The highest BCUT2D eigenvalue weighted by molar-refractivity contribution is 5.86. The summed E-state index contributed by atoms with van der Waals surface area (Å²) >= 11 is 0. The van der Waals surface area contributed by atoms with E-state index in [1.807, 2.05) is 19.1 Å². The third-order valence-electron chi connectivity index (χ3n) is 4.90. The zero-order valence-electron chi connectivity index (χ0n) is 15.6. The van der Waals surface area contributed by atoms with E-state index in [0.717, 1.165) is 13.0 Å². The maximum absolute atomic E-state index is 13.0. The van der Waals surface area contributed by atoms with Crippen molar-refractivity contribution in [3.8, 4) is 0 Å². The normalized spacial score (nSPS) is 16.3. The summed E-state index contributed by atoms with van der Waals surface area (Å²) in [5.74, 6) is -1.50. The minimum Gasteiger partial charge on any atom is -0.480 e. The molecule has 142 valence electrons. The first-order valence-corrected chi connectivity index (χ1v) is 8.89. The molecule has 0 saturated carbocycles. The first-order valence-electron chi connectivity index (χ1n) is 8.89. The number of benzene rings is 1. The first kappa shape index (κ1) is 19.9. The second-order valence-corrected chi connectivity index (χ2v) is 6.69.